The molecular weight excluding hydrogens is 540 g/mol. The van der Waals surface area contributed by atoms with Crippen molar-refractivity contribution in [3.8, 4) is 0 Å². The Labute approximate surface area is 235 Å². The molecule has 41 heavy (non-hydrogen) atoms. The number of nitrogens with one attached hydrogen (secondary N) is 2. The summed E-state index contributed by atoms with van der Waals surface area (Å²) in [5.74, 6) is -3.33. The number of imide groups is 1. The van der Waals surface area contributed by atoms with E-state index in [0.29, 0.717) is 31.6 Å². The van der Waals surface area contributed by atoms with Crippen molar-refractivity contribution in [2.75, 3.05) is 26.8 Å². The normalized spacial score (nSPS) is 19.2. The highest BCUT2D eigenvalue weighted by Gasteiger charge is 2.41. The molecule has 2 aromatic rings. The Balaban J connectivity index is 1.68. The number of carboxylic acid groups (broad SMARTS) is 1. The van der Waals surface area contributed by atoms with Crippen LogP contribution in [0, 0.1) is 22.8 Å². The first kappa shape index (κ1) is 30.0. The van der Waals surface area contributed by atoms with Crippen LogP contribution in [-0.2, 0) is 9.53 Å². The van der Waals surface area contributed by atoms with Gasteiger partial charge in [-0.15, -0.1) is 0 Å². The number of urea groups is 2. The van der Waals surface area contributed by atoms with Gasteiger partial charge in [0.2, 0.25) is 0 Å². The second kappa shape index (κ2) is 13.6. The third-order valence-electron chi connectivity index (χ3n) is 7.34. The summed E-state index contributed by atoms with van der Waals surface area (Å²) in [5, 5.41) is 27.6. The molecule has 2 aliphatic heterocycles. The van der Waals surface area contributed by atoms with E-state index in [-0.39, 0.29) is 29.4 Å². The first-order chi connectivity index (χ1) is 19.7. The van der Waals surface area contributed by atoms with Crippen LogP contribution in [0.15, 0.2) is 53.9 Å². The quantitative estimate of drug-likeness (QED) is 0.383. The second-order valence-corrected chi connectivity index (χ2v) is 10.1. The van der Waals surface area contributed by atoms with Gasteiger partial charge in [-0.25, -0.2) is 23.3 Å². The topological polar surface area (TPSA) is 147 Å². The number of carbonyl (C=O) groups is 3. The molecule has 220 valence electrons. The van der Waals surface area contributed by atoms with Gasteiger partial charge >= 0.3 is 18.0 Å². The highest BCUT2D eigenvalue weighted by molar-refractivity contribution is 5.97. The molecule has 13 heteroatoms. The van der Waals surface area contributed by atoms with Crippen LogP contribution in [0.1, 0.15) is 55.4 Å². The molecular formula is C28H32F2N5O6-. The van der Waals surface area contributed by atoms with Gasteiger partial charge in [-0.2, -0.15) is 0 Å². The first-order valence-electron chi connectivity index (χ1n) is 13.3. The molecule has 0 saturated carbocycles. The Hall–Kier alpha value is -3.94. The van der Waals surface area contributed by atoms with Gasteiger partial charge in [0.05, 0.1) is 30.8 Å². The van der Waals surface area contributed by atoms with E-state index < -0.39 is 48.2 Å². The average molecular weight is 573 g/mol. The lowest BCUT2D eigenvalue weighted by Crippen LogP contribution is -2.55. The van der Waals surface area contributed by atoms with Gasteiger partial charge < -0.3 is 30.7 Å². The summed E-state index contributed by atoms with van der Waals surface area (Å²) < 4.78 is 33.3. The zero-order valence-corrected chi connectivity index (χ0v) is 22.5. The molecule has 4 amide bonds. The molecule has 2 atom stereocenters. The van der Waals surface area contributed by atoms with Crippen LogP contribution in [0.25, 0.3) is 0 Å². The van der Waals surface area contributed by atoms with E-state index in [1.165, 1.54) is 13.2 Å². The molecule has 0 spiro atoms. The number of carboxylic acids is 1. The fourth-order valence-electron chi connectivity index (χ4n) is 5.28. The summed E-state index contributed by atoms with van der Waals surface area (Å²) in [6.07, 6.45) is 3.58. The number of nitrogens with zero attached hydrogens (tertiary/aromatic N) is 3. The predicted octanol–water partition coefficient (Wildman–Crippen LogP) is 4.24. The number of methoxy groups -OCH3 is 1. The van der Waals surface area contributed by atoms with E-state index in [1.807, 2.05) is 0 Å². The number of pyridine rings is 1. The van der Waals surface area contributed by atoms with Gasteiger partial charge in [-0.3, -0.25) is 9.78 Å². The second-order valence-electron chi connectivity index (χ2n) is 10.1. The summed E-state index contributed by atoms with van der Waals surface area (Å²) in [7, 11) is 1.35. The summed E-state index contributed by atoms with van der Waals surface area (Å²) in [5.41, 5.74) is 0.756. The van der Waals surface area contributed by atoms with Gasteiger partial charge in [-0.05, 0) is 80.1 Å². The van der Waals surface area contributed by atoms with Crippen LogP contribution in [0.4, 0.5) is 18.4 Å². The molecule has 1 aromatic heterocycles. The molecule has 1 fully saturated rings. The first-order valence-corrected chi connectivity index (χ1v) is 13.3. The molecule has 3 heterocycles. The average Bonchev–Trinajstić information content (AvgIpc) is 2.95. The van der Waals surface area contributed by atoms with Crippen molar-refractivity contribution >= 4 is 18.0 Å². The predicted molar refractivity (Wildman–Crippen MR) is 143 cm³/mol. The number of hydrogen-bond acceptors (Lipinski definition) is 7. The van der Waals surface area contributed by atoms with E-state index in [0.717, 1.165) is 34.9 Å². The van der Waals surface area contributed by atoms with Gasteiger partial charge in [0, 0.05) is 19.0 Å². The maximum atomic E-state index is 14.3. The van der Waals surface area contributed by atoms with Crippen molar-refractivity contribution < 1.29 is 33.0 Å². The maximum Gasteiger partial charge on any atom is 0.330 e. The van der Waals surface area contributed by atoms with Crippen molar-refractivity contribution in [1.82, 2.24) is 25.6 Å². The van der Waals surface area contributed by atoms with E-state index in [2.05, 4.69) is 15.6 Å². The largest absolute Gasteiger partial charge is 0.785 e. The Morgan fingerprint density at radius 2 is 1.98 bits per heavy atom. The number of piperidine rings is 1. The zero-order valence-electron chi connectivity index (χ0n) is 22.5. The third kappa shape index (κ3) is 7.43. The molecule has 2 unspecified atom stereocenters. The summed E-state index contributed by atoms with van der Waals surface area (Å²) in [6.45, 7) is 0.706. The summed E-state index contributed by atoms with van der Waals surface area (Å²) in [4.78, 5) is 44.1. The number of hydroxylamine groups is 2. The minimum atomic E-state index is -1.36. The molecule has 1 aromatic carbocycles. The van der Waals surface area contributed by atoms with Crippen LogP contribution in [0.3, 0.4) is 0 Å². The monoisotopic (exact) mass is 572 g/mol. The Kier molecular flexibility index (Phi) is 9.97. The Bertz CT molecular complexity index is 1290. The zero-order chi connectivity index (χ0) is 29.5. The number of aromatic nitrogens is 1. The minimum Gasteiger partial charge on any atom is -0.785 e. The fourth-order valence-corrected chi connectivity index (χ4v) is 5.28. The maximum absolute atomic E-state index is 14.3. The molecule has 4 rings (SSSR count). The summed E-state index contributed by atoms with van der Waals surface area (Å²) in [6, 6.07) is 4.38. The lowest BCUT2D eigenvalue weighted by atomic mass is 9.90. The third-order valence-corrected chi connectivity index (χ3v) is 7.34. The molecule has 1 saturated heterocycles. The minimum absolute atomic E-state index is 0.0116. The van der Waals surface area contributed by atoms with E-state index >= 15 is 0 Å². The van der Waals surface area contributed by atoms with Crippen LogP contribution >= 0.6 is 0 Å². The van der Waals surface area contributed by atoms with Crippen LogP contribution in [-0.4, -0.2) is 64.9 Å². The van der Waals surface area contributed by atoms with Gasteiger partial charge in [0.15, 0.2) is 11.6 Å². The number of halogens is 2. The van der Waals surface area contributed by atoms with Gasteiger partial charge in [0.25, 0.3) is 0 Å². The molecule has 11 nitrogen and oxygen atoms in total. The SMILES string of the molecule is COCC1=C(CC(=O)O)C(c2ccc(F)c(F)c2)N(C(=O)NC(CCC2CCN([O-])CC2)c2ccccn2)C(=O)N1. The molecule has 0 radical (unpaired) electrons. The van der Waals surface area contributed by atoms with Crippen molar-refractivity contribution in [2.45, 2.75) is 44.2 Å². The highest BCUT2D eigenvalue weighted by atomic mass is 19.2. The molecule has 0 aliphatic carbocycles. The molecule has 3 N–H and O–H groups in total. The van der Waals surface area contributed by atoms with Crippen molar-refractivity contribution in [3.63, 3.8) is 0 Å². The fraction of sp³-hybridized carbons (Fsp3) is 0.429. The lowest BCUT2D eigenvalue weighted by Gasteiger charge is -2.38. The van der Waals surface area contributed by atoms with Crippen molar-refractivity contribution in [1.29, 1.82) is 0 Å². The highest BCUT2D eigenvalue weighted by Crippen LogP contribution is 2.37. The Morgan fingerprint density at radius 3 is 2.61 bits per heavy atom. The van der Waals surface area contributed by atoms with E-state index in [1.54, 1.807) is 24.4 Å². The lowest BCUT2D eigenvalue weighted by molar-refractivity contribution is -0.136. The standard InChI is InChI=1S/C28H32F2N5O6/c1-41-16-24-19(15-25(36)37)26(18-6-7-20(29)21(30)14-18)35(28(39)33-24)27(38)32-23(22-4-2-3-11-31-22)8-5-17-9-12-34(40)13-10-17/h2-4,6-7,11,14,17,23,26H,5,8-10,12-13,15-16H2,1H3,(H,32,38)(H,33,39)(H,36,37)/q-1. The smallest absolute Gasteiger partial charge is 0.330 e. The van der Waals surface area contributed by atoms with Crippen molar-refractivity contribution in [3.05, 3.63) is 82.0 Å². The summed E-state index contributed by atoms with van der Waals surface area (Å²) >= 11 is 0. The number of carbonyl (C=O) groups excluding carboxylic acids is 2. The number of aliphatic carboxylic acids is 1. The Morgan fingerprint density at radius 1 is 1.22 bits per heavy atom. The van der Waals surface area contributed by atoms with Crippen molar-refractivity contribution in [2.24, 2.45) is 5.92 Å². The molecule has 0 bridgehead atoms. The van der Waals surface area contributed by atoms with E-state index in [9.17, 15) is 33.5 Å². The van der Waals surface area contributed by atoms with Crippen LogP contribution in [0.5, 0.6) is 0 Å². The van der Waals surface area contributed by atoms with E-state index in [4.69, 9.17) is 4.74 Å². The number of benzene rings is 1. The number of amides is 4. The number of ether oxygens (including phenoxy) is 1. The van der Waals surface area contributed by atoms with Gasteiger partial charge in [0.1, 0.15) is 0 Å². The van der Waals surface area contributed by atoms with Crippen LogP contribution < -0.4 is 10.6 Å². The van der Waals surface area contributed by atoms with Crippen LogP contribution in [0.2, 0.25) is 0 Å². The number of rotatable bonds is 10. The number of hydrogen-bond donors (Lipinski definition) is 3. The van der Waals surface area contributed by atoms with Gasteiger partial charge in [-0.1, -0.05) is 12.1 Å². The molecule has 2 aliphatic rings.